The second-order valence-corrected chi connectivity index (χ2v) is 3.22. The van der Waals surface area contributed by atoms with E-state index in [1.54, 1.807) is 0 Å². The van der Waals surface area contributed by atoms with E-state index in [1.165, 1.54) is 24.7 Å². The highest BCUT2D eigenvalue weighted by molar-refractivity contribution is 5.87. The van der Waals surface area contributed by atoms with Crippen molar-refractivity contribution in [1.29, 1.82) is 0 Å². The van der Waals surface area contributed by atoms with E-state index in [1.807, 2.05) is 0 Å². The van der Waals surface area contributed by atoms with Gasteiger partial charge in [0.15, 0.2) is 0 Å². The summed E-state index contributed by atoms with van der Waals surface area (Å²) < 4.78 is 13.4. The maximum Gasteiger partial charge on any atom is 0.354 e. The zero-order valence-corrected chi connectivity index (χ0v) is 8.75. The van der Waals surface area contributed by atoms with E-state index in [-0.39, 0.29) is 12.2 Å². The minimum atomic E-state index is -1.15. The van der Waals surface area contributed by atoms with Crippen LogP contribution in [0.1, 0.15) is 10.5 Å². The van der Waals surface area contributed by atoms with Gasteiger partial charge in [0.05, 0.1) is 12.7 Å². The first kappa shape index (κ1) is 11.2. The summed E-state index contributed by atoms with van der Waals surface area (Å²) in [4.78, 5) is 18.8. The molecule has 0 aliphatic carbocycles. The van der Waals surface area contributed by atoms with Crippen LogP contribution in [-0.2, 0) is 6.54 Å². The zero-order chi connectivity index (χ0) is 12.3. The number of hydrogen-bond acceptors (Lipinski definition) is 4. The Kier molecular flexibility index (Phi) is 3.08. The van der Waals surface area contributed by atoms with Crippen LogP contribution in [0.15, 0.2) is 24.7 Å². The summed E-state index contributed by atoms with van der Waals surface area (Å²) in [5.74, 6) is -1.15. The molecule has 0 amide bonds. The van der Waals surface area contributed by atoms with E-state index in [4.69, 9.17) is 5.11 Å². The number of aromatic nitrogens is 4. The Morgan fingerprint density at radius 1 is 1.41 bits per heavy atom. The molecular weight excluding hydrogens is 227 g/mol. The molecule has 0 unspecified atom stereocenters. The van der Waals surface area contributed by atoms with Gasteiger partial charge >= 0.3 is 5.97 Å². The largest absolute Gasteiger partial charge is 0.477 e. The number of carboxylic acid groups (broad SMARTS) is 1. The Balaban J connectivity index is 2.44. The van der Waals surface area contributed by atoms with Crippen molar-refractivity contribution in [3.63, 3.8) is 0 Å². The van der Waals surface area contributed by atoms with Crippen molar-refractivity contribution >= 4 is 5.97 Å². The molecule has 2 aromatic rings. The number of aryl methyl sites for hydroxylation is 1. The van der Waals surface area contributed by atoms with E-state index in [0.29, 0.717) is 11.4 Å². The summed E-state index contributed by atoms with van der Waals surface area (Å²) in [5, 5.41) is 12.9. The van der Waals surface area contributed by atoms with E-state index < -0.39 is 12.6 Å². The van der Waals surface area contributed by atoms with Crippen LogP contribution < -0.4 is 0 Å². The summed E-state index contributed by atoms with van der Waals surface area (Å²) in [6, 6.07) is 1.35. The average molecular weight is 236 g/mol. The molecule has 0 saturated carbocycles. The molecule has 7 heteroatoms. The molecule has 0 aromatic carbocycles. The van der Waals surface area contributed by atoms with Gasteiger partial charge in [0.2, 0.25) is 0 Å². The molecule has 1 N–H and O–H groups in total. The predicted molar refractivity (Wildman–Crippen MR) is 56.2 cm³/mol. The third kappa shape index (κ3) is 2.27. The summed E-state index contributed by atoms with van der Waals surface area (Å²) in [6.07, 6.45) is 4.44. The van der Waals surface area contributed by atoms with Gasteiger partial charge in [-0.3, -0.25) is 14.6 Å². The van der Waals surface area contributed by atoms with Gasteiger partial charge in [0.1, 0.15) is 23.8 Å². The van der Waals surface area contributed by atoms with Crippen LogP contribution in [0.2, 0.25) is 0 Å². The molecule has 0 atom stereocenters. The maximum atomic E-state index is 12.3. The van der Waals surface area contributed by atoms with Crippen LogP contribution in [0.25, 0.3) is 11.4 Å². The molecule has 2 heterocycles. The fourth-order valence-corrected chi connectivity index (χ4v) is 1.40. The third-order valence-corrected chi connectivity index (χ3v) is 2.12. The highest BCUT2D eigenvalue weighted by atomic mass is 19.1. The highest BCUT2D eigenvalue weighted by Crippen LogP contribution is 2.15. The smallest absolute Gasteiger partial charge is 0.354 e. The minimum Gasteiger partial charge on any atom is -0.477 e. The quantitative estimate of drug-likeness (QED) is 0.856. The average Bonchev–Trinajstić information content (AvgIpc) is 2.75. The molecule has 0 radical (unpaired) electrons. The van der Waals surface area contributed by atoms with Gasteiger partial charge in [0.25, 0.3) is 0 Å². The maximum absolute atomic E-state index is 12.3. The topological polar surface area (TPSA) is 80.9 Å². The lowest BCUT2D eigenvalue weighted by Gasteiger charge is -1.99. The highest BCUT2D eigenvalue weighted by Gasteiger charge is 2.15. The van der Waals surface area contributed by atoms with Gasteiger partial charge in [-0.1, -0.05) is 0 Å². The lowest BCUT2D eigenvalue weighted by Crippen LogP contribution is -2.10. The first-order chi connectivity index (χ1) is 8.22. The van der Waals surface area contributed by atoms with Crippen molar-refractivity contribution in [2.75, 3.05) is 6.67 Å². The standard InChI is InChI=1S/C10H9FN4O2/c11-1-4-15-9(10(16)17)5-7(14-15)8-6-12-2-3-13-8/h2-3,5-6H,1,4H2,(H,16,17). The van der Waals surface area contributed by atoms with Crippen LogP contribution in [-0.4, -0.2) is 37.5 Å². The predicted octanol–water partition coefficient (Wildman–Crippen LogP) is 1.01. The first-order valence-corrected chi connectivity index (χ1v) is 4.86. The van der Waals surface area contributed by atoms with Gasteiger partial charge in [-0.25, -0.2) is 9.18 Å². The second-order valence-electron chi connectivity index (χ2n) is 3.22. The minimum absolute atomic E-state index is 0.0664. The first-order valence-electron chi connectivity index (χ1n) is 4.86. The van der Waals surface area contributed by atoms with Crippen molar-refractivity contribution < 1.29 is 14.3 Å². The monoisotopic (exact) mass is 236 g/mol. The van der Waals surface area contributed by atoms with Crippen molar-refractivity contribution in [1.82, 2.24) is 19.7 Å². The van der Waals surface area contributed by atoms with Crippen molar-refractivity contribution in [2.45, 2.75) is 6.54 Å². The van der Waals surface area contributed by atoms with Crippen LogP contribution in [0.5, 0.6) is 0 Å². The Labute approximate surface area is 95.8 Å². The molecule has 2 rings (SSSR count). The number of aromatic carboxylic acids is 1. The Bertz CT molecular complexity index is 526. The van der Waals surface area contributed by atoms with Crippen molar-refractivity contribution in [2.24, 2.45) is 0 Å². The van der Waals surface area contributed by atoms with E-state index >= 15 is 0 Å². The lowest BCUT2D eigenvalue weighted by molar-refractivity contribution is 0.0682. The van der Waals surface area contributed by atoms with Crippen molar-refractivity contribution in [3.8, 4) is 11.4 Å². The lowest BCUT2D eigenvalue weighted by atomic mass is 10.3. The molecule has 0 saturated heterocycles. The van der Waals surface area contributed by atoms with Crippen LogP contribution >= 0.6 is 0 Å². The molecule has 2 aromatic heterocycles. The third-order valence-electron chi connectivity index (χ3n) is 2.12. The molecule has 0 spiro atoms. The van der Waals surface area contributed by atoms with Gasteiger partial charge in [0, 0.05) is 18.5 Å². The van der Waals surface area contributed by atoms with E-state index in [9.17, 15) is 9.18 Å². The normalized spacial score (nSPS) is 10.4. The second kappa shape index (κ2) is 4.69. The molecular formula is C10H9FN4O2. The molecule has 0 bridgehead atoms. The van der Waals surface area contributed by atoms with Gasteiger partial charge in [-0.05, 0) is 0 Å². The van der Waals surface area contributed by atoms with Gasteiger partial charge < -0.3 is 5.11 Å². The Hall–Kier alpha value is -2.31. The summed E-state index contributed by atoms with van der Waals surface area (Å²) in [6.45, 7) is -0.774. The van der Waals surface area contributed by atoms with Gasteiger partial charge in [-0.2, -0.15) is 5.10 Å². The summed E-state index contributed by atoms with van der Waals surface area (Å²) in [5.41, 5.74) is 0.750. The number of nitrogens with zero attached hydrogens (tertiary/aromatic N) is 4. The Morgan fingerprint density at radius 2 is 2.24 bits per heavy atom. The number of hydrogen-bond donors (Lipinski definition) is 1. The SMILES string of the molecule is O=C(O)c1cc(-c2cnccn2)nn1CCF. The van der Waals surface area contributed by atoms with E-state index in [2.05, 4.69) is 15.1 Å². The molecule has 0 aliphatic heterocycles. The van der Waals surface area contributed by atoms with Crippen molar-refractivity contribution in [3.05, 3.63) is 30.4 Å². The fraction of sp³-hybridized carbons (Fsp3) is 0.200. The molecule has 6 nitrogen and oxygen atoms in total. The zero-order valence-electron chi connectivity index (χ0n) is 8.75. The van der Waals surface area contributed by atoms with Crippen LogP contribution in [0.4, 0.5) is 4.39 Å². The van der Waals surface area contributed by atoms with Crippen LogP contribution in [0.3, 0.4) is 0 Å². The van der Waals surface area contributed by atoms with E-state index in [0.717, 1.165) is 4.68 Å². The summed E-state index contributed by atoms with van der Waals surface area (Å²) >= 11 is 0. The van der Waals surface area contributed by atoms with Crippen LogP contribution in [0, 0.1) is 0 Å². The number of carbonyl (C=O) groups is 1. The molecule has 0 fully saturated rings. The number of alkyl halides is 1. The Morgan fingerprint density at radius 3 is 2.82 bits per heavy atom. The summed E-state index contributed by atoms with van der Waals surface area (Å²) in [7, 11) is 0. The molecule has 17 heavy (non-hydrogen) atoms. The van der Waals surface area contributed by atoms with Gasteiger partial charge in [-0.15, -0.1) is 0 Å². The fourth-order valence-electron chi connectivity index (χ4n) is 1.40. The number of halogens is 1. The molecule has 88 valence electrons. The number of rotatable bonds is 4. The number of carboxylic acids is 1. The molecule has 0 aliphatic rings.